The fraction of sp³-hybridized carbons (Fsp3) is 0.350. The summed E-state index contributed by atoms with van der Waals surface area (Å²) in [6, 6.07) is 11.6. The van der Waals surface area contributed by atoms with E-state index in [1.54, 1.807) is 37.3 Å². The lowest BCUT2D eigenvalue weighted by Gasteiger charge is -2.24. The van der Waals surface area contributed by atoms with Crippen LogP contribution >= 0.6 is 0 Å². The molecule has 2 N–H and O–H groups in total. The highest BCUT2D eigenvalue weighted by Gasteiger charge is 2.26. The Hall–Kier alpha value is -2.58. The normalized spacial score (nSPS) is 15.1. The van der Waals surface area contributed by atoms with Crippen LogP contribution in [0.5, 0.6) is 11.5 Å². The fourth-order valence-electron chi connectivity index (χ4n) is 2.85. The third-order valence-corrected chi connectivity index (χ3v) is 5.74. The number of aliphatic hydroxyl groups is 1. The van der Waals surface area contributed by atoms with E-state index in [1.807, 2.05) is 0 Å². The lowest BCUT2D eigenvalue weighted by atomic mass is 9.95. The summed E-state index contributed by atoms with van der Waals surface area (Å²) < 4.78 is 33.5. The zero-order valence-electron chi connectivity index (χ0n) is 15.8. The zero-order chi connectivity index (χ0) is 20.4. The van der Waals surface area contributed by atoms with Crippen molar-refractivity contribution in [2.24, 2.45) is 0 Å². The number of aryl methyl sites for hydroxylation is 1. The molecule has 0 fully saturated rings. The number of carbonyl (C=O) groups is 1. The summed E-state index contributed by atoms with van der Waals surface area (Å²) in [4.78, 5) is 12.4. The number of benzene rings is 2. The van der Waals surface area contributed by atoms with Gasteiger partial charge in [-0.25, -0.2) is 8.42 Å². The molecule has 0 aromatic heterocycles. The maximum atomic E-state index is 12.1. The highest BCUT2D eigenvalue weighted by Crippen LogP contribution is 2.35. The van der Waals surface area contributed by atoms with Crippen LogP contribution in [0, 0.1) is 0 Å². The first-order chi connectivity index (χ1) is 13.1. The van der Waals surface area contributed by atoms with E-state index in [1.165, 1.54) is 12.1 Å². The molecule has 1 aliphatic rings. The number of amides is 1. The van der Waals surface area contributed by atoms with E-state index in [0.29, 0.717) is 23.5 Å². The molecule has 8 heteroatoms. The van der Waals surface area contributed by atoms with E-state index < -0.39 is 15.4 Å². The maximum absolute atomic E-state index is 12.1. The Morgan fingerprint density at radius 2 is 1.82 bits per heavy atom. The quantitative estimate of drug-likeness (QED) is 0.728. The maximum Gasteiger partial charge on any atom is 0.231 e. The van der Waals surface area contributed by atoms with Gasteiger partial charge in [0.25, 0.3) is 0 Å². The lowest BCUT2D eigenvalue weighted by Crippen LogP contribution is -2.38. The summed E-state index contributed by atoms with van der Waals surface area (Å²) in [6.07, 6.45) is 1.86. The largest absolute Gasteiger partial charge is 0.454 e. The molecular formula is C20H23NO6S. The van der Waals surface area contributed by atoms with Crippen LogP contribution in [0.3, 0.4) is 0 Å². The predicted octanol–water partition coefficient (Wildman–Crippen LogP) is 1.78. The van der Waals surface area contributed by atoms with Gasteiger partial charge in [0.1, 0.15) is 5.60 Å². The van der Waals surface area contributed by atoms with Crippen molar-refractivity contribution in [1.29, 1.82) is 0 Å². The number of ether oxygens (including phenoxy) is 2. The molecule has 0 aliphatic carbocycles. The number of rotatable bonds is 7. The molecule has 0 unspecified atom stereocenters. The summed E-state index contributed by atoms with van der Waals surface area (Å²) in [5.41, 5.74) is 0.229. The molecule has 1 amide bonds. The minimum absolute atomic E-state index is 0.0541. The second kappa shape index (κ2) is 7.81. The monoisotopic (exact) mass is 405 g/mol. The Labute approximate surface area is 164 Å². The van der Waals surface area contributed by atoms with Gasteiger partial charge in [-0.1, -0.05) is 18.2 Å². The Bertz CT molecular complexity index is 967. The van der Waals surface area contributed by atoms with Gasteiger partial charge < -0.3 is 19.9 Å². The average molecular weight is 405 g/mol. The van der Waals surface area contributed by atoms with Crippen molar-refractivity contribution in [2.45, 2.75) is 30.3 Å². The summed E-state index contributed by atoms with van der Waals surface area (Å²) in [5, 5.41) is 13.4. The van der Waals surface area contributed by atoms with Crippen LogP contribution in [0.1, 0.15) is 24.5 Å². The fourth-order valence-corrected chi connectivity index (χ4v) is 3.48. The van der Waals surface area contributed by atoms with Gasteiger partial charge >= 0.3 is 0 Å². The summed E-state index contributed by atoms with van der Waals surface area (Å²) >= 11 is 0. The Kier molecular flexibility index (Phi) is 5.62. The molecule has 0 bridgehead atoms. The molecule has 28 heavy (non-hydrogen) atoms. The van der Waals surface area contributed by atoms with Crippen molar-refractivity contribution in [3.8, 4) is 11.5 Å². The van der Waals surface area contributed by atoms with Gasteiger partial charge in [0, 0.05) is 12.7 Å². The lowest BCUT2D eigenvalue weighted by molar-refractivity contribution is -0.122. The zero-order valence-corrected chi connectivity index (χ0v) is 16.6. The number of fused-ring (bicyclic) bond motifs is 1. The molecule has 1 heterocycles. The van der Waals surface area contributed by atoms with E-state index in [0.717, 1.165) is 11.8 Å². The number of sulfone groups is 1. The second-order valence-corrected chi connectivity index (χ2v) is 9.05. The standard InChI is InChI=1S/C20H23NO6S/c1-20(23,15-6-9-17-18(11-15)27-13-26-17)12-21-19(22)10-5-14-3-7-16(8-4-14)28(2,24)25/h3-4,6-9,11,23H,5,10,12-13H2,1-2H3,(H,21,22)/t20-/m1/s1. The van der Waals surface area contributed by atoms with Gasteiger partial charge in [-0.2, -0.15) is 0 Å². The first-order valence-corrected chi connectivity index (χ1v) is 10.7. The van der Waals surface area contributed by atoms with Gasteiger partial charge in [0.2, 0.25) is 12.7 Å². The van der Waals surface area contributed by atoms with Crippen molar-refractivity contribution >= 4 is 15.7 Å². The van der Waals surface area contributed by atoms with Crippen molar-refractivity contribution in [1.82, 2.24) is 5.32 Å². The van der Waals surface area contributed by atoms with Gasteiger partial charge in [-0.15, -0.1) is 0 Å². The highest BCUT2D eigenvalue weighted by molar-refractivity contribution is 7.90. The van der Waals surface area contributed by atoms with Gasteiger partial charge in [-0.05, 0) is 48.7 Å². The van der Waals surface area contributed by atoms with Crippen LogP contribution in [0.4, 0.5) is 0 Å². The van der Waals surface area contributed by atoms with E-state index in [4.69, 9.17) is 9.47 Å². The number of nitrogens with one attached hydrogen (secondary N) is 1. The van der Waals surface area contributed by atoms with Crippen molar-refractivity contribution in [2.75, 3.05) is 19.6 Å². The molecule has 0 saturated carbocycles. The molecule has 1 atom stereocenters. The SMILES string of the molecule is C[C@@](O)(CNC(=O)CCc1ccc(S(C)(=O)=O)cc1)c1ccc2c(c1)OCO2. The minimum Gasteiger partial charge on any atom is -0.454 e. The molecule has 2 aromatic carbocycles. The molecule has 1 aliphatic heterocycles. The number of carbonyl (C=O) groups excluding carboxylic acids is 1. The molecule has 0 radical (unpaired) electrons. The molecule has 3 rings (SSSR count). The molecule has 150 valence electrons. The van der Waals surface area contributed by atoms with E-state index in [9.17, 15) is 18.3 Å². The van der Waals surface area contributed by atoms with Crippen LogP contribution in [0.15, 0.2) is 47.4 Å². The molecule has 0 spiro atoms. The van der Waals surface area contributed by atoms with Crippen LogP contribution in [0.25, 0.3) is 0 Å². The van der Waals surface area contributed by atoms with E-state index in [-0.39, 0.29) is 30.6 Å². The highest BCUT2D eigenvalue weighted by atomic mass is 32.2. The molecular weight excluding hydrogens is 382 g/mol. The second-order valence-electron chi connectivity index (χ2n) is 7.03. The third-order valence-electron chi connectivity index (χ3n) is 4.62. The minimum atomic E-state index is -3.23. The Morgan fingerprint density at radius 3 is 2.50 bits per heavy atom. The van der Waals surface area contributed by atoms with Crippen LogP contribution in [0.2, 0.25) is 0 Å². The van der Waals surface area contributed by atoms with Crippen molar-refractivity contribution in [3.63, 3.8) is 0 Å². The summed E-state index contributed by atoms with van der Waals surface area (Å²) in [5.74, 6) is 1.00. The molecule has 2 aromatic rings. The van der Waals surface area contributed by atoms with Crippen LogP contribution < -0.4 is 14.8 Å². The first-order valence-electron chi connectivity index (χ1n) is 8.83. The average Bonchev–Trinajstić information content (AvgIpc) is 3.12. The summed E-state index contributed by atoms with van der Waals surface area (Å²) in [6.45, 7) is 1.83. The summed E-state index contributed by atoms with van der Waals surface area (Å²) in [7, 11) is -3.23. The Morgan fingerprint density at radius 1 is 1.14 bits per heavy atom. The molecule has 0 saturated heterocycles. The van der Waals surface area contributed by atoms with Crippen LogP contribution in [-0.4, -0.2) is 39.0 Å². The van der Waals surface area contributed by atoms with Crippen molar-refractivity contribution < 1.29 is 27.8 Å². The van der Waals surface area contributed by atoms with Crippen LogP contribution in [-0.2, 0) is 26.7 Å². The number of hydrogen-bond acceptors (Lipinski definition) is 6. The van der Waals surface area contributed by atoms with Gasteiger partial charge in [-0.3, -0.25) is 4.79 Å². The van der Waals surface area contributed by atoms with Gasteiger partial charge in [0.05, 0.1) is 11.4 Å². The Balaban J connectivity index is 1.52. The topological polar surface area (TPSA) is 102 Å². The smallest absolute Gasteiger partial charge is 0.231 e. The first kappa shape index (κ1) is 20.2. The van der Waals surface area contributed by atoms with Gasteiger partial charge in [0.15, 0.2) is 21.3 Å². The van der Waals surface area contributed by atoms with Crippen molar-refractivity contribution in [3.05, 3.63) is 53.6 Å². The van der Waals surface area contributed by atoms with E-state index in [2.05, 4.69) is 5.32 Å². The number of hydrogen-bond donors (Lipinski definition) is 2. The molecule has 7 nitrogen and oxygen atoms in total. The third kappa shape index (κ3) is 4.82. The van der Waals surface area contributed by atoms with E-state index >= 15 is 0 Å². The predicted molar refractivity (Wildman–Crippen MR) is 103 cm³/mol.